The van der Waals surface area contributed by atoms with Gasteiger partial charge in [-0.1, -0.05) is 107 Å². The molecule has 190 valence electrons. The van der Waals surface area contributed by atoms with Crippen LogP contribution in [0.4, 0.5) is 5.69 Å². The quantitative estimate of drug-likeness (QED) is 0.128. The summed E-state index contributed by atoms with van der Waals surface area (Å²) in [6.07, 6.45) is 10.8. The van der Waals surface area contributed by atoms with Crippen molar-refractivity contribution in [1.29, 1.82) is 5.41 Å². The molecule has 2 nitrogen and oxygen atoms in total. The molecule has 3 unspecified atom stereocenters. The van der Waals surface area contributed by atoms with Crippen LogP contribution in [0.3, 0.4) is 0 Å². The van der Waals surface area contributed by atoms with Gasteiger partial charge in [-0.2, -0.15) is 11.8 Å². The molecule has 35 heavy (non-hydrogen) atoms. The van der Waals surface area contributed by atoms with Crippen molar-refractivity contribution in [2.24, 2.45) is 5.92 Å². The minimum absolute atomic E-state index is 0.450. The Morgan fingerprint density at radius 3 is 2.54 bits per heavy atom. The molecule has 1 aliphatic heterocycles. The summed E-state index contributed by atoms with van der Waals surface area (Å²) in [5, 5.41) is 9.89. The van der Waals surface area contributed by atoms with Crippen LogP contribution in [0.15, 0.2) is 48.5 Å². The number of nitrogen functional groups attached to an aromatic ring is 1. The summed E-state index contributed by atoms with van der Waals surface area (Å²) in [4.78, 5) is 0. The van der Waals surface area contributed by atoms with Crippen molar-refractivity contribution < 1.29 is 0 Å². The lowest BCUT2D eigenvalue weighted by molar-refractivity contribution is 0.381. The monoisotopic (exact) mass is 490 g/mol. The zero-order valence-electron chi connectivity index (χ0n) is 22.6. The zero-order valence-corrected chi connectivity index (χ0v) is 23.4. The van der Waals surface area contributed by atoms with Crippen LogP contribution in [-0.4, -0.2) is 24.0 Å². The minimum Gasteiger partial charge on any atom is -0.398 e. The van der Waals surface area contributed by atoms with Gasteiger partial charge in [-0.3, -0.25) is 0 Å². The normalized spacial score (nSPS) is 22.2. The molecule has 1 aliphatic rings. The smallest absolute Gasteiger partial charge is 0.137 e. The molecule has 0 saturated carbocycles. The number of thioether (sulfide) groups is 1. The van der Waals surface area contributed by atoms with Crippen LogP contribution in [0, 0.1) is 11.3 Å². The van der Waals surface area contributed by atoms with E-state index in [1.807, 2.05) is 6.07 Å². The highest BCUT2D eigenvalue weighted by atomic mass is 32.2. The summed E-state index contributed by atoms with van der Waals surface area (Å²) in [5.41, 5.74) is 11.6. The van der Waals surface area contributed by atoms with E-state index in [2.05, 4.69) is 81.9 Å². The van der Waals surface area contributed by atoms with E-state index in [1.165, 1.54) is 62.7 Å². The lowest BCUT2D eigenvalue weighted by Gasteiger charge is -2.44. The maximum atomic E-state index is 8.66. The Kier molecular flexibility index (Phi) is 10.8. The molecule has 3 atom stereocenters. The zero-order chi connectivity index (χ0) is 25.3. The third-order valence-corrected chi connectivity index (χ3v) is 9.01. The summed E-state index contributed by atoms with van der Waals surface area (Å²) in [5.74, 6) is 2.49. The molecule has 0 radical (unpaired) electrons. The molecule has 0 aromatic heterocycles. The lowest BCUT2D eigenvalue weighted by Crippen LogP contribution is -2.36. The molecule has 4 heteroatoms. The minimum atomic E-state index is 0.450. The first-order valence-corrected chi connectivity index (χ1v) is 15.0. The van der Waals surface area contributed by atoms with Gasteiger partial charge in [0.25, 0.3) is 0 Å². The van der Waals surface area contributed by atoms with E-state index in [0.717, 1.165) is 41.5 Å². The first-order valence-electron chi connectivity index (χ1n) is 14.0. The van der Waals surface area contributed by atoms with E-state index in [4.69, 9.17) is 11.1 Å². The highest BCUT2D eigenvalue weighted by molar-refractivity contribution is 7.99. The number of anilines is 1. The average molecular weight is 491 g/mol. The number of rotatable bonds is 13. The molecular formula is C31H47BN2S. The van der Waals surface area contributed by atoms with Crippen molar-refractivity contribution in [3.63, 3.8) is 0 Å². The molecular weight excluding hydrogens is 443 g/mol. The SMILES string of the molecule is CCCC1(CCCCC(=N)c2ccc(CC(C)C)c(N)c2)BC(c2ccccc2)CC(SCC)C1. The molecule has 0 aliphatic carbocycles. The average Bonchev–Trinajstić information content (AvgIpc) is 2.83. The molecule has 0 amide bonds. The van der Waals surface area contributed by atoms with E-state index in [1.54, 1.807) is 0 Å². The Morgan fingerprint density at radius 2 is 1.89 bits per heavy atom. The summed E-state index contributed by atoms with van der Waals surface area (Å²) in [6.45, 7) is 9.11. The van der Waals surface area contributed by atoms with Crippen molar-refractivity contribution in [3.8, 4) is 0 Å². The molecule has 0 bridgehead atoms. The molecule has 1 saturated heterocycles. The summed E-state index contributed by atoms with van der Waals surface area (Å²) in [6, 6.07) is 17.5. The Morgan fingerprint density at radius 1 is 1.11 bits per heavy atom. The number of nitrogens with one attached hydrogen (secondary N) is 1. The number of unbranched alkanes of at least 4 members (excludes halogenated alkanes) is 1. The second-order valence-electron chi connectivity index (χ2n) is 11.3. The van der Waals surface area contributed by atoms with Gasteiger partial charge in [0.2, 0.25) is 0 Å². The number of hydrogen-bond acceptors (Lipinski definition) is 3. The second kappa shape index (κ2) is 13.6. The van der Waals surface area contributed by atoms with E-state index in [-0.39, 0.29) is 0 Å². The third-order valence-electron chi connectivity index (χ3n) is 7.85. The highest BCUT2D eigenvalue weighted by Gasteiger charge is 2.41. The van der Waals surface area contributed by atoms with Crippen LogP contribution in [0.1, 0.15) is 102 Å². The Labute approximate surface area is 220 Å². The van der Waals surface area contributed by atoms with Crippen LogP contribution in [-0.2, 0) is 6.42 Å². The van der Waals surface area contributed by atoms with Gasteiger partial charge in [0.05, 0.1) is 0 Å². The predicted molar refractivity (Wildman–Crippen MR) is 160 cm³/mol. The van der Waals surface area contributed by atoms with Crippen LogP contribution >= 0.6 is 11.8 Å². The largest absolute Gasteiger partial charge is 0.398 e. The second-order valence-corrected chi connectivity index (χ2v) is 12.9. The van der Waals surface area contributed by atoms with Gasteiger partial charge in [-0.15, -0.1) is 0 Å². The molecule has 3 rings (SSSR count). The maximum Gasteiger partial charge on any atom is 0.137 e. The summed E-state index contributed by atoms with van der Waals surface area (Å²) >= 11 is 2.18. The van der Waals surface area contributed by atoms with E-state index < -0.39 is 0 Å². The van der Waals surface area contributed by atoms with Gasteiger partial charge in [-0.25, -0.2) is 0 Å². The van der Waals surface area contributed by atoms with Crippen LogP contribution in [0.5, 0.6) is 0 Å². The number of nitrogens with two attached hydrogens (primary N) is 1. The number of benzene rings is 2. The molecule has 1 fully saturated rings. The summed E-state index contributed by atoms with van der Waals surface area (Å²) in [7, 11) is 1.33. The molecule has 1 heterocycles. The van der Waals surface area contributed by atoms with Crippen molar-refractivity contribution in [2.45, 2.75) is 102 Å². The number of hydrogen-bond donors (Lipinski definition) is 2. The van der Waals surface area contributed by atoms with Gasteiger partial charge in [0.1, 0.15) is 7.28 Å². The molecule has 2 aromatic rings. The van der Waals surface area contributed by atoms with E-state index in [9.17, 15) is 0 Å². The van der Waals surface area contributed by atoms with Crippen LogP contribution < -0.4 is 5.73 Å². The first kappa shape index (κ1) is 27.9. The highest BCUT2D eigenvalue weighted by Crippen LogP contribution is 2.52. The lowest BCUT2D eigenvalue weighted by atomic mass is 9.37. The van der Waals surface area contributed by atoms with Gasteiger partial charge in [0, 0.05) is 16.6 Å². The van der Waals surface area contributed by atoms with Crippen molar-refractivity contribution in [2.75, 3.05) is 11.5 Å². The third kappa shape index (κ3) is 8.17. The topological polar surface area (TPSA) is 49.9 Å². The predicted octanol–water partition coefficient (Wildman–Crippen LogP) is 8.45. The van der Waals surface area contributed by atoms with Gasteiger partial charge in [0.15, 0.2) is 0 Å². The van der Waals surface area contributed by atoms with Crippen LogP contribution in [0.2, 0.25) is 5.31 Å². The Bertz CT molecular complexity index is 929. The fourth-order valence-corrected chi connectivity index (χ4v) is 7.64. The fraction of sp³-hybridized carbons (Fsp3) is 0.581. The van der Waals surface area contributed by atoms with Crippen molar-refractivity contribution in [1.82, 2.24) is 0 Å². The Hall–Kier alpha value is -1.68. The first-order chi connectivity index (χ1) is 16.9. The summed E-state index contributed by atoms with van der Waals surface area (Å²) < 4.78 is 0. The van der Waals surface area contributed by atoms with Crippen molar-refractivity contribution >= 4 is 30.4 Å². The van der Waals surface area contributed by atoms with E-state index >= 15 is 0 Å². The maximum absolute atomic E-state index is 8.66. The fourth-order valence-electron chi connectivity index (χ4n) is 6.33. The van der Waals surface area contributed by atoms with Gasteiger partial charge in [-0.05, 0) is 66.8 Å². The Balaban J connectivity index is 1.61. The molecule has 2 aromatic carbocycles. The van der Waals surface area contributed by atoms with Crippen molar-refractivity contribution in [3.05, 3.63) is 65.2 Å². The molecule has 0 spiro atoms. The molecule has 3 N–H and O–H groups in total. The van der Waals surface area contributed by atoms with Crippen LogP contribution in [0.25, 0.3) is 0 Å². The standard InChI is InChI=1S/C31H47BN2S/c1-5-17-31(22-27(35-6-2)21-28(32-31)24-12-8-7-9-13-24)18-11-10-14-29(33)26-16-15-25(19-23(3)4)30(34)20-26/h7-9,12-13,15-16,20,23,27-28,32-33H,5-6,10-11,14,17-19,21-22,34H2,1-4H3. The van der Waals surface area contributed by atoms with E-state index in [0.29, 0.717) is 17.0 Å². The van der Waals surface area contributed by atoms with Gasteiger partial charge < -0.3 is 11.1 Å². The van der Waals surface area contributed by atoms with Gasteiger partial charge >= 0.3 is 0 Å².